The quantitative estimate of drug-likeness (QED) is 0.752. The zero-order valence-corrected chi connectivity index (χ0v) is 13.2. The predicted molar refractivity (Wildman–Crippen MR) is 87.3 cm³/mol. The van der Waals surface area contributed by atoms with Crippen molar-refractivity contribution in [1.82, 2.24) is 16.2 Å². The minimum absolute atomic E-state index is 0.282. The summed E-state index contributed by atoms with van der Waals surface area (Å²) in [4.78, 5) is 23.5. The van der Waals surface area contributed by atoms with Gasteiger partial charge in [0.1, 0.15) is 5.75 Å². The first-order valence-corrected chi connectivity index (χ1v) is 7.19. The van der Waals surface area contributed by atoms with E-state index >= 15 is 0 Å². The van der Waals surface area contributed by atoms with E-state index in [0.717, 1.165) is 11.3 Å². The van der Waals surface area contributed by atoms with Crippen LogP contribution in [0.5, 0.6) is 5.75 Å². The molecule has 0 bridgehead atoms. The number of ether oxygens (including phenoxy) is 1. The van der Waals surface area contributed by atoms with Crippen LogP contribution in [-0.4, -0.2) is 19.0 Å². The van der Waals surface area contributed by atoms with Crippen LogP contribution in [-0.2, 0) is 6.54 Å². The maximum atomic E-state index is 11.9. The van der Waals surface area contributed by atoms with Crippen LogP contribution in [0.3, 0.4) is 0 Å². The Morgan fingerprint density at radius 1 is 1.04 bits per heavy atom. The largest absolute Gasteiger partial charge is 0.497 e. The highest BCUT2D eigenvalue weighted by molar-refractivity contribution is 6.33. The smallest absolute Gasteiger partial charge is 0.333 e. The lowest BCUT2D eigenvalue weighted by atomic mass is 10.2. The molecule has 6 nitrogen and oxygen atoms in total. The van der Waals surface area contributed by atoms with Gasteiger partial charge in [-0.1, -0.05) is 35.9 Å². The molecular formula is C16H16ClN3O3. The van der Waals surface area contributed by atoms with Crippen molar-refractivity contribution in [2.75, 3.05) is 7.11 Å². The van der Waals surface area contributed by atoms with E-state index in [-0.39, 0.29) is 5.56 Å². The molecule has 2 aromatic rings. The van der Waals surface area contributed by atoms with Crippen molar-refractivity contribution < 1.29 is 14.3 Å². The Kier molecular flexibility index (Phi) is 5.82. The van der Waals surface area contributed by atoms with Crippen LogP contribution in [0.25, 0.3) is 0 Å². The second kappa shape index (κ2) is 8.05. The molecule has 2 rings (SSSR count). The highest BCUT2D eigenvalue weighted by atomic mass is 35.5. The Balaban J connectivity index is 1.78. The van der Waals surface area contributed by atoms with Gasteiger partial charge < -0.3 is 10.1 Å². The first-order valence-electron chi connectivity index (χ1n) is 6.82. The Labute approximate surface area is 138 Å². The maximum Gasteiger partial charge on any atom is 0.333 e. The molecule has 23 heavy (non-hydrogen) atoms. The predicted octanol–water partition coefficient (Wildman–Crippen LogP) is 2.49. The van der Waals surface area contributed by atoms with E-state index < -0.39 is 11.9 Å². The van der Waals surface area contributed by atoms with Crippen LogP contribution in [0.1, 0.15) is 15.9 Å². The van der Waals surface area contributed by atoms with Crippen LogP contribution >= 0.6 is 11.6 Å². The third-order valence-electron chi connectivity index (χ3n) is 3.02. The fourth-order valence-electron chi connectivity index (χ4n) is 1.80. The summed E-state index contributed by atoms with van der Waals surface area (Å²) in [5.74, 6) is 0.250. The van der Waals surface area contributed by atoms with Crippen LogP contribution in [0.2, 0.25) is 5.02 Å². The molecule has 120 valence electrons. The maximum absolute atomic E-state index is 11.9. The number of halogens is 1. The first-order chi connectivity index (χ1) is 11.1. The van der Waals surface area contributed by atoms with Crippen molar-refractivity contribution in [3.63, 3.8) is 0 Å². The fourth-order valence-corrected chi connectivity index (χ4v) is 2.02. The number of benzene rings is 2. The van der Waals surface area contributed by atoms with Crippen molar-refractivity contribution in [3.8, 4) is 5.75 Å². The number of nitrogens with one attached hydrogen (secondary N) is 3. The highest BCUT2D eigenvalue weighted by Gasteiger charge is 2.10. The molecule has 0 saturated heterocycles. The summed E-state index contributed by atoms with van der Waals surface area (Å²) < 4.78 is 5.05. The molecule has 3 amide bonds. The van der Waals surface area contributed by atoms with Crippen LogP contribution in [0, 0.1) is 0 Å². The van der Waals surface area contributed by atoms with Crippen molar-refractivity contribution in [1.29, 1.82) is 0 Å². The van der Waals surface area contributed by atoms with Crippen molar-refractivity contribution in [2.24, 2.45) is 0 Å². The fraction of sp³-hybridized carbons (Fsp3) is 0.125. The number of methoxy groups -OCH3 is 1. The average molecular weight is 334 g/mol. The van der Waals surface area contributed by atoms with E-state index in [2.05, 4.69) is 16.2 Å². The molecule has 2 aromatic carbocycles. The number of hydrazine groups is 1. The van der Waals surface area contributed by atoms with Gasteiger partial charge in [-0.2, -0.15) is 0 Å². The number of amides is 3. The molecule has 0 unspecified atom stereocenters. The zero-order chi connectivity index (χ0) is 16.7. The Bertz CT molecular complexity index is 689. The van der Waals surface area contributed by atoms with Crippen molar-refractivity contribution in [3.05, 3.63) is 64.7 Å². The monoisotopic (exact) mass is 333 g/mol. The first kappa shape index (κ1) is 16.6. The summed E-state index contributed by atoms with van der Waals surface area (Å²) in [6, 6.07) is 13.3. The molecule has 0 heterocycles. The number of carbonyl (C=O) groups excluding carboxylic acids is 2. The minimum Gasteiger partial charge on any atom is -0.497 e. The molecule has 7 heteroatoms. The van der Waals surface area contributed by atoms with E-state index in [9.17, 15) is 9.59 Å². The van der Waals surface area contributed by atoms with Gasteiger partial charge in [0.25, 0.3) is 5.91 Å². The molecular weight excluding hydrogens is 318 g/mol. The minimum atomic E-state index is -0.527. The average Bonchev–Trinajstić information content (AvgIpc) is 2.58. The van der Waals surface area contributed by atoms with Gasteiger partial charge in [-0.15, -0.1) is 0 Å². The standard InChI is InChI=1S/C16H16ClN3O3/c1-23-12-8-6-11(7-9-12)10-18-16(22)20-19-15(21)13-4-2-3-5-14(13)17/h2-9H,10H2,1H3,(H,19,21)(H2,18,20,22). The molecule has 0 spiro atoms. The third-order valence-corrected chi connectivity index (χ3v) is 3.35. The Morgan fingerprint density at radius 2 is 1.74 bits per heavy atom. The zero-order valence-electron chi connectivity index (χ0n) is 12.4. The van der Waals surface area contributed by atoms with E-state index in [4.69, 9.17) is 16.3 Å². The Hall–Kier alpha value is -2.73. The Morgan fingerprint density at radius 3 is 2.39 bits per heavy atom. The number of carbonyl (C=O) groups is 2. The van der Waals surface area contributed by atoms with Crippen molar-refractivity contribution >= 4 is 23.5 Å². The highest BCUT2D eigenvalue weighted by Crippen LogP contribution is 2.14. The number of rotatable bonds is 4. The van der Waals surface area contributed by atoms with Gasteiger partial charge in [0.15, 0.2) is 0 Å². The van der Waals surface area contributed by atoms with Gasteiger partial charge in [-0.25, -0.2) is 10.2 Å². The molecule has 0 fully saturated rings. The van der Waals surface area contributed by atoms with Gasteiger partial charge in [-0.05, 0) is 29.8 Å². The van der Waals surface area contributed by atoms with Crippen molar-refractivity contribution in [2.45, 2.75) is 6.54 Å². The molecule has 3 N–H and O–H groups in total. The molecule has 0 aromatic heterocycles. The topological polar surface area (TPSA) is 79.5 Å². The van der Waals surface area contributed by atoms with Gasteiger partial charge in [0, 0.05) is 6.54 Å². The van der Waals surface area contributed by atoms with Gasteiger partial charge in [0.2, 0.25) is 0 Å². The van der Waals surface area contributed by atoms with Crippen LogP contribution in [0.15, 0.2) is 48.5 Å². The van der Waals surface area contributed by atoms with Gasteiger partial charge in [-0.3, -0.25) is 10.2 Å². The number of hydrogen-bond donors (Lipinski definition) is 3. The summed E-state index contributed by atoms with van der Waals surface area (Å²) >= 11 is 5.90. The molecule has 0 radical (unpaired) electrons. The number of urea groups is 1. The molecule has 0 saturated carbocycles. The molecule has 0 aliphatic carbocycles. The lowest BCUT2D eigenvalue weighted by Gasteiger charge is -2.10. The van der Waals surface area contributed by atoms with E-state index in [1.807, 2.05) is 12.1 Å². The van der Waals surface area contributed by atoms with Gasteiger partial charge >= 0.3 is 6.03 Å². The lowest BCUT2D eigenvalue weighted by molar-refractivity contribution is 0.0936. The van der Waals surface area contributed by atoms with E-state index in [1.165, 1.54) is 0 Å². The summed E-state index contributed by atoms with van der Waals surface area (Å²) in [7, 11) is 1.59. The molecule has 0 aliphatic heterocycles. The van der Waals surface area contributed by atoms with E-state index in [1.54, 1.807) is 43.5 Å². The second-order valence-electron chi connectivity index (χ2n) is 4.59. The van der Waals surface area contributed by atoms with Gasteiger partial charge in [0.05, 0.1) is 17.7 Å². The van der Waals surface area contributed by atoms with Crippen LogP contribution in [0.4, 0.5) is 4.79 Å². The van der Waals surface area contributed by atoms with E-state index in [0.29, 0.717) is 11.6 Å². The molecule has 0 atom stereocenters. The SMILES string of the molecule is COc1ccc(CNC(=O)NNC(=O)c2ccccc2Cl)cc1. The third kappa shape index (κ3) is 4.89. The summed E-state index contributed by atoms with van der Waals surface area (Å²) in [6.45, 7) is 0.317. The number of hydrogen-bond acceptors (Lipinski definition) is 3. The summed E-state index contributed by atoms with van der Waals surface area (Å²) in [6.07, 6.45) is 0. The van der Waals surface area contributed by atoms with Crippen LogP contribution < -0.4 is 20.9 Å². The summed E-state index contributed by atoms with van der Waals surface area (Å²) in [5, 5.41) is 2.93. The summed E-state index contributed by atoms with van der Waals surface area (Å²) in [5.41, 5.74) is 5.74. The second-order valence-corrected chi connectivity index (χ2v) is 5.00. The normalized spacial score (nSPS) is 9.83. The lowest BCUT2D eigenvalue weighted by Crippen LogP contribution is -2.46. The molecule has 0 aliphatic rings.